The second-order valence-corrected chi connectivity index (χ2v) is 5.29. The van der Waals surface area contributed by atoms with E-state index in [9.17, 15) is 4.79 Å². The maximum Gasteiger partial charge on any atom is 0.254 e. The smallest absolute Gasteiger partial charge is 0.254 e. The third-order valence-corrected chi connectivity index (χ3v) is 3.67. The average Bonchev–Trinajstić information content (AvgIpc) is 2.76. The first-order chi connectivity index (χ1) is 8.58. The van der Waals surface area contributed by atoms with Crippen LogP contribution < -0.4 is 5.32 Å². The summed E-state index contributed by atoms with van der Waals surface area (Å²) in [6, 6.07) is 0.888. The van der Waals surface area contributed by atoms with Crippen LogP contribution in [0.2, 0.25) is 0 Å². The Morgan fingerprint density at radius 1 is 1.50 bits per heavy atom. The number of likely N-dealkylation sites (tertiary alicyclic amines) is 1. The minimum Gasteiger partial charge on any atom is -0.349 e. The van der Waals surface area contributed by atoms with Gasteiger partial charge in [-0.2, -0.15) is 5.10 Å². The lowest BCUT2D eigenvalue weighted by molar-refractivity contribution is 0.0900. The summed E-state index contributed by atoms with van der Waals surface area (Å²) in [5.41, 5.74) is 1.48. The normalized spacial score (nSPS) is 18.2. The highest BCUT2D eigenvalue weighted by Gasteiger charge is 2.23. The number of nitrogens with one attached hydrogen (secondary N) is 2. The van der Waals surface area contributed by atoms with Crippen molar-refractivity contribution in [2.75, 3.05) is 13.1 Å². The van der Waals surface area contributed by atoms with Crippen LogP contribution in [0.3, 0.4) is 0 Å². The number of aromatic amines is 1. The Kier molecular flexibility index (Phi) is 4.01. The van der Waals surface area contributed by atoms with Crippen molar-refractivity contribution in [2.24, 2.45) is 0 Å². The second-order valence-electron chi connectivity index (χ2n) is 5.29. The van der Waals surface area contributed by atoms with Gasteiger partial charge in [0, 0.05) is 30.9 Å². The number of aryl methyl sites for hydroxylation is 1. The Labute approximate surface area is 108 Å². The van der Waals surface area contributed by atoms with Crippen molar-refractivity contribution < 1.29 is 4.79 Å². The van der Waals surface area contributed by atoms with Gasteiger partial charge in [-0.1, -0.05) is 0 Å². The molecule has 0 aromatic carbocycles. The minimum absolute atomic E-state index is 0.00996. The molecular weight excluding hydrogens is 228 g/mol. The van der Waals surface area contributed by atoms with Gasteiger partial charge in [-0.25, -0.2) is 0 Å². The van der Waals surface area contributed by atoms with Gasteiger partial charge in [-0.15, -0.1) is 0 Å². The predicted octanol–water partition coefficient (Wildman–Crippen LogP) is 1.32. The van der Waals surface area contributed by atoms with E-state index in [2.05, 4.69) is 34.3 Å². The molecule has 1 aliphatic heterocycles. The zero-order chi connectivity index (χ0) is 13.1. The summed E-state index contributed by atoms with van der Waals surface area (Å²) < 4.78 is 0. The second kappa shape index (κ2) is 5.52. The summed E-state index contributed by atoms with van der Waals surface area (Å²) in [6.45, 7) is 8.42. The van der Waals surface area contributed by atoms with Crippen LogP contribution in [0.4, 0.5) is 0 Å². The maximum atomic E-state index is 12.0. The van der Waals surface area contributed by atoms with Crippen LogP contribution in [0.5, 0.6) is 0 Å². The number of H-pyrrole nitrogens is 1. The first kappa shape index (κ1) is 13.1. The number of hydrogen-bond acceptors (Lipinski definition) is 3. The standard InChI is InChI=1S/C13H22N4O/c1-9(2)17-6-4-11(5-7-17)15-13(18)12-8-14-16-10(12)3/h8-9,11H,4-7H2,1-3H3,(H,14,16)(H,15,18). The quantitative estimate of drug-likeness (QED) is 0.850. The molecule has 0 aliphatic carbocycles. The van der Waals surface area contributed by atoms with E-state index in [1.807, 2.05) is 6.92 Å². The van der Waals surface area contributed by atoms with E-state index in [0.717, 1.165) is 31.6 Å². The summed E-state index contributed by atoms with van der Waals surface area (Å²) >= 11 is 0. The van der Waals surface area contributed by atoms with Gasteiger partial charge in [0.05, 0.1) is 11.8 Å². The minimum atomic E-state index is -0.00996. The molecule has 18 heavy (non-hydrogen) atoms. The molecule has 1 amide bonds. The number of hydrogen-bond donors (Lipinski definition) is 2. The number of rotatable bonds is 3. The molecule has 2 N–H and O–H groups in total. The molecule has 5 nitrogen and oxygen atoms in total. The Balaban J connectivity index is 1.85. The van der Waals surface area contributed by atoms with Crippen LogP contribution >= 0.6 is 0 Å². The first-order valence-corrected chi connectivity index (χ1v) is 6.63. The van der Waals surface area contributed by atoms with Crippen LogP contribution in [-0.4, -0.2) is 46.2 Å². The first-order valence-electron chi connectivity index (χ1n) is 6.63. The lowest BCUT2D eigenvalue weighted by atomic mass is 10.0. The van der Waals surface area contributed by atoms with Gasteiger partial charge >= 0.3 is 0 Å². The van der Waals surface area contributed by atoms with Crippen molar-refractivity contribution in [2.45, 2.75) is 45.7 Å². The highest BCUT2D eigenvalue weighted by molar-refractivity contribution is 5.95. The molecule has 1 saturated heterocycles. The molecular formula is C13H22N4O. The molecule has 1 aliphatic rings. The van der Waals surface area contributed by atoms with Gasteiger partial charge in [0.15, 0.2) is 0 Å². The van der Waals surface area contributed by atoms with Crippen LogP contribution in [0.25, 0.3) is 0 Å². The third-order valence-electron chi connectivity index (χ3n) is 3.67. The molecule has 0 bridgehead atoms. The molecule has 100 valence electrons. The number of piperidine rings is 1. The lowest BCUT2D eigenvalue weighted by Crippen LogP contribution is -2.46. The van der Waals surface area contributed by atoms with Gasteiger partial charge in [0.2, 0.25) is 0 Å². The summed E-state index contributed by atoms with van der Waals surface area (Å²) in [4.78, 5) is 14.5. The molecule has 0 radical (unpaired) electrons. The number of carbonyl (C=O) groups excluding carboxylic acids is 1. The van der Waals surface area contributed by atoms with Crippen molar-refractivity contribution in [1.29, 1.82) is 0 Å². The van der Waals surface area contributed by atoms with E-state index >= 15 is 0 Å². The van der Waals surface area contributed by atoms with Crippen molar-refractivity contribution in [1.82, 2.24) is 20.4 Å². The summed E-state index contributed by atoms with van der Waals surface area (Å²) in [5.74, 6) is -0.00996. The number of aromatic nitrogens is 2. The van der Waals surface area contributed by atoms with E-state index in [4.69, 9.17) is 0 Å². The predicted molar refractivity (Wildman–Crippen MR) is 70.5 cm³/mol. The van der Waals surface area contributed by atoms with E-state index in [1.54, 1.807) is 6.20 Å². The molecule has 2 rings (SSSR count). The Hall–Kier alpha value is -1.36. The fourth-order valence-corrected chi connectivity index (χ4v) is 2.40. The van der Waals surface area contributed by atoms with Crippen molar-refractivity contribution in [3.05, 3.63) is 17.5 Å². The topological polar surface area (TPSA) is 61.0 Å². The molecule has 0 atom stereocenters. The van der Waals surface area contributed by atoms with Crippen LogP contribution in [0, 0.1) is 6.92 Å². The molecule has 1 fully saturated rings. The molecule has 2 heterocycles. The van der Waals surface area contributed by atoms with E-state index in [1.165, 1.54) is 0 Å². The maximum absolute atomic E-state index is 12.0. The molecule has 1 aromatic rings. The zero-order valence-corrected chi connectivity index (χ0v) is 11.4. The zero-order valence-electron chi connectivity index (χ0n) is 11.4. The Morgan fingerprint density at radius 2 is 2.17 bits per heavy atom. The monoisotopic (exact) mass is 250 g/mol. The number of nitrogens with zero attached hydrogens (tertiary/aromatic N) is 2. The van der Waals surface area contributed by atoms with E-state index in [0.29, 0.717) is 17.6 Å². The van der Waals surface area contributed by atoms with Crippen molar-refractivity contribution in [3.63, 3.8) is 0 Å². The van der Waals surface area contributed by atoms with Gasteiger partial charge in [-0.3, -0.25) is 9.89 Å². The van der Waals surface area contributed by atoms with Crippen molar-refractivity contribution >= 4 is 5.91 Å². The highest BCUT2D eigenvalue weighted by Crippen LogP contribution is 2.14. The molecule has 1 aromatic heterocycles. The summed E-state index contributed by atoms with van der Waals surface area (Å²) in [6.07, 6.45) is 3.65. The average molecular weight is 250 g/mol. The number of amides is 1. The fourth-order valence-electron chi connectivity index (χ4n) is 2.40. The lowest BCUT2D eigenvalue weighted by Gasteiger charge is -2.34. The summed E-state index contributed by atoms with van der Waals surface area (Å²) in [5, 5.41) is 9.76. The van der Waals surface area contributed by atoms with Gasteiger partial charge in [-0.05, 0) is 33.6 Å². The van der Waals surface area contributed by atoms with Crippen LogP contribution in [0.15, 0.2) is 6.20 Å². The Bertz CT molecular complexity index is 405. The third kappa shape index (κ3) is 2.90. The van der Waals surface area contributed by atoms with Crippen LogP contribution in [-0.2, 0) is 0 Å². The van der Waals surface area contributed by atoms with E-state index in [-0.39, 0.29) is 5.91 Å². The Morgan fingerprint density at radius 3 is 2.67 bits per heavy atom. The highest BCUT2D eigenvalue weighted by atomic mass is 16.1. The molecule has 5 heteroatoms. The largest absolute Gasteiger partial charge is 0.349 e. The SMILES string of the molecule is Cc1[nH]ncc1C(=O)NC1CCN(C(C)C)CC1. The number of carbonyl (C=O) groups is 1. The van der Waals surface area contributed by atoms with Gasteiger partial charge in [0.1, 0.15) is 0 Å². The fraction of sp³-hybridized carbons (Fsp3) is 0.692. The summed E-state index contributed by atoms with van der Waals surface area (Å²) in [7, 11) is 0. The molecule has 0 unspecified atom stereocenters. The van der Waals surface area contributed by atoms with Gasteiger partial charge < -0.3 is 10.2 Å². The van der Waals surface area contributed by atoms with Gasteiger partial charge in [0.25, 0.3) is 5.91 Å². The van der Waals surface area contributed by atoms with Crippen LogP contribution in [0.1, 0.15) is 42.7 Å². The molecule has 0 saturated carbocycles. The van der Waals surface area contributed by atoms with E-state index < -0.39 is 0 Å². The van der Waals surface area contributed by atoms with Crippen molar-refractivity contribution in [3.8, 4) is 0 Å². The molecule has 0 spiro atoms.